The summed E-state index contributed by atoms with van der Waals surface area (Å²) in [6.45, 7) is 0.355. The topological polar surface area (TPSA) is 64.4 Å². The summed E-state index contributed by atoms with van der Waals surface area (Å²) < 4.78 is 23.5. The van der Waals surface area contributed by atoms with Crippen molar-refractivity contribution < 1.29 is 18.4 Å². The van der Waals surface area contributed by atoms with Gasteiger partial charge in [-0.1, -0.05) is 35.0 Å². The SMILES string of the molecule is O=C(COCc1cc(-c2ccc(F)cc2)on1)NCc1ccccc1Cl. The van der Waals surface area contributed by atoms with Crippen LogP contribution < -0.4 is 5.32 Å². The van der Waals surface area contributed by atoms with Crippen molar-refractivity contribution in [2.75, 3.05) is 6.61 Å². The molecule has 0 radical (unpaired) electrons. The first kappa shape index (κ1) is 18.1. The average Bonchev–Trinajstić information content (AvgIpc) is 3.10. The molecule has 0 saturated carbocycles. The summed E-state index contributed by atoms with van der Waals surface area (Å²) in [6.07, 6.45) is 0. The lowest BCUT2D eigenvalue weighted by atomic mass is 10.1. The van der Waals surface area contributed by atoms with Crippen molar-refractivity contribution in [2.45, 2.75) is 13.2 Å². The van der Waals surface area contributed by atoms with Gasteiger partial charge in [-0.15, -0.1) is 0 Å². The lowest BCUT2D eigenvalue weighted by molar-refractivity contribution is -0.126. The number of hydrogen-bond acceptors (Lipinski definition) is 4. The van der Waals surface area contributed by atoms with E-state index in [1.807, 2.05) is 18.2 Å². The van der Waals surface area contributed by atoms with E-state index in [0.29, 0.717) is 28.6 Å². The van der Waals surface area contributed by atoms with Crippen LogP contribution in [0.4, 0.5) is 4.39 Å². The molecule has 7 heteroatoms. The Morgan fingerprint density at radius 3 is 2.73 bits per heavy atom. The molecule has 0 aliphatic heterocycles. The fourth-order valence-corrected chi connectivity index (χ4v) is 2.47. The average molecular weight is 375 g/mol. The van der Waals surface area contributed by atoms with Gasteiger partial charge in [0.25, 0.3) is 0 Å². The Bertz CT molecular complexity index is 881. The Hall–Kier alpha value is -2.70. The van der Waals surface area contributed by atoms with Gasteiger partial charge in [0.1, 0.15) is 18.1 Å². The Balaban J connectivity index is 1.44. The third kappa shape index (κ3) is 4.91. The zero-order valence-corrected chi connectivity index (χ0v) is 14.5. The van der Waals surface area contributed by atoms with E-state index in [4.69, 9.17) is 20.9 Å². The molecular formula is C19H16ClFN2O3. The molecule has 0 bridgehead atoms. The van der Waals surface area contributed by atoms with Crippen molar-refractivity contribution in [1.82, 2.24) is 10.5 Å². The van der Waals surface area contributed by atoms with E-state index in [1.54, 1.807) is 24.3 Å². The van der Waals surface area contributed by atoms with Crippen LogP contribution in [0.15, 0.2) is 59.1 Å². The largest absolute Gasteiger partial charge is 0.365 e. The highest BCUT2D eigenvalue weighted by molar-refractivity contribution is 6.31. The van der Waals surface area contributed by atoms with Crippen LogP contribution >= 0.6 is 11.6 Å². The molecule has 0 saturated heterocycles. The minimum absolute atomic E-state index is 0.108. The fourth-order valence-electron chi connectivity index (χ4n) is 2.26. The molecule has 0 spiro atoms. The molecule has 0 aliphatic rings. The molecule has 1 N–H and O–H groups in total. The van der Waals surface area contributed by atoms with Crippen LogP contribution in [-0.2, 0) is 22.7 Å². The third-order valence-corrected chi connectivity index (χ3v) is 3.97. The van der Waals surface area contributed by atoms with Gasteiger partial charge in [-0.05, 0) is 35.9 Å². The predicted octanol–water partition coefficient (Wildman–Crippen LogP) is 3.97. The first-order valence-corrected chi connectivity index (χ1v) is 8.29. The fraction of sp³-hybridized carbons (Fsp3) is 0.158. The molecule has 0 unspecified atom stereocenters. The first-order chi connectivity index (χ1) is 12.6. The first-order valence-electron chi connectivity index (χ1n) is 7.91. The van der Waals surface area contributed by atoms with E-state index >= 15 is 0 Å². The summed E-state index contributed by atoms with van der Waals surface area (Å²) in [5.74, 6) is -0.0708. The van der Waals surface area contributed by atoms with E-state index in [0.717, 1.165) is 5.56 Å². The second kappa shape index (κ2) is 8.60. The Morgan fingerprint density at radius 1 is 1.19 bits per heavy atom. The van der Waals surface area contributed by atoms with Crippen LogP contribution in [0.3, 0.4) is 0 Å². The Labute approximate surface area is 154 Å². The van der Waals surface area contributed by atoms with Crippen molar-refractivity contribution in [1.29, 1.82) is 0 Å². The van der Waals surface area contributed by atoms with Gasteiger partial charge < -0.3 is 14.6 Å². The van der Waals surface area contributed by atoms with Gasteiger partial charge in [-0.2, -0.15) is 0 Å². The predicted molar refractivity (Wildman–Crippen MR) is 94.9 cm³/mol. The van der Waals surface area contributed by atoms with Crippen molar-refractivity contribution in [2.24, 2.45) is 0 Å². The number of ether oxygens (including phenoxy) is 1. The molecule has 3 aromatic rings. The minimum atomic E-state index is -0.320. The monoisotopic (exact) mass is 374 g/mol. The highest BCUT2D eigenvalue weighted by Gasteiger charge is 2.09. The summed E-state index contributed by atoms with van der Waals surface area (Å²) in [5, 5.41) is 7.21. The highest BCUT2D eigenvalue weighted by Crippen LogP contribution is 2.20. The maximum absolute atomic E-state index is 12.9. The van der Waals surface area contributed by atoms with Crippen LogP contribution in [0.25, 0.3) is 11.3 Å². The summed E-state index contributed by atoms with van der Waals surface area (Å²) in [4.78, 5) is 11.8. The lowest BCUT2D eigenvalue weighted by Gasteiger charge is -2.06. The Morgan fingerprint density at radius 2 is 1.96 bits per heavy atom. The van der Waals surface area contributed by atoms with Crippen molar-refractivity contribution in [3.63, 3.8) is 0 Å². The molecule has 3 rings (SSSR count). The van der Waals surface area contributed by atoms with Gasteiger partial charge in [0.05, 0.1) is 6.61 Å². The summed E-state index contributed by atoms with van der Waals surface area (Å²) in [5.41, 5.74) is 2.09. The number of benzene rings is 2. The smallest absolute Gasteiger partial charge is 0.246 e. The van der Waals surface area contributed by atoms with Crippen LogP contribution in [0.5, 0.6) is 0 Å². The number of hydrogen-bond donors (Lipinski definition) is 1. The van der Waals surface area contributed by atoms with Crippen molar-refractivity contribution >= 4 is 17.5 Å². The zero-order chi connectivity index (χ0) is 18.4. The van der Waals surface area contributed by atoms with Crippen molar-refractivity contribution in [3.8, 4) is 11.3 Å². The molecular weight excluding hydrogens is 359 g/mol. The molecule has 0 aliphatic carbocycles. The molecule has 1 aromatic heterocycles. The summed E-state index contributed by atoms with van der Waals surface area (Å²) in [6, 6.07) is 14.9. The summed E-state index contributed by atoms with van der Waals surface area (Å²) >= 11 is 6.03. The number of amides is 1. The van der Waals surface area contributed by atoms with Crippen molar-refractivity contribution in [3.05, 3.63) is 76.7 Å². The number of nitrogens with one attached hydrogen (secondary N) is 1. The number of carbonyl (C=O) groups is 1. The van der Waals surface area contributed by atoms with Gasteiger partial charge >= 0.3 is 0 Å². The second-order valence-electron chi connectivity index (χ2n) is 5.55. The molecule has 2 aromatic carbocycles. The summed E-state index contributed by atoms with van der Waals surface area (Å²) in [7, 11) is 0. The molecule has 0 atom stereocenters. The number of carbonyl (C=O) groups excluding carboxylic acids is 1. The zero-order valence-electron chi connectivity index (χ0n) is 13.7. The van der Waals surface area contributed by atoms with Gasteiger partial charge in [-0.3, -0.25) is 4.79 Å². The molecule has 0 fully saturated rings. The standard InChI is InChI=1S/C19H16ClFN2O3/c20-17-4-2-1-3-14(17)10-22-19(24)12-25-11-16-9-18(26-23-16)13-5-7-15(21)8-6-13/h1-9H,10-12H2,(H,22,24). The van der Waals surface area contributed by atoms with E-state index in [1.165, 1.54) is 12.1 Å². The van der Waals surface area contributed by atoms with E-state index < -0.39 is 0 Å². The quantitative estimate of drug-likeness (QED) is 0.679. The van der Waals surface area contributed by atoms with Gasteiger partial charge in [0.2, 0.25) is 5.91 Å². The maximum Gasteiger partial charge on any atom is 0.246 e. The molecule has 5 nitrogen and oxygen atoms in total. The molecule has 1 heterocycles. The minimum Gasteiger partial charge on any atom is -0.365 e. The lowest BCUT2D eigenvalue weighted by Crippen LogP contribution is -2.27. The number of aromatic nitrogens is 1. The number of nitrogens with zero attached hydrogens (tertiary/aromatic N) is 1. The molecule has 1 amide bonds. The second-order valence-corrected chi connectivity index (χ2v) is 5.96. The normalized spacial score (nSPS) is 10.7. The van der Waals surface area contributed by atoms with E-state index in [-0.39, 0.29) is 24.9 Å². The van der Waals surface area contributed by atoms with Crippen LogP contribution in [-0.4, -0.2) is 17.7 Å². The Kier molecular flexibility index (Phi) is 5.99. The molecule has 134 valence electrons. The van der Waals surface area contributed by atoms with Crippen LogP contribution in [0, 0.1) is 5.82 Å². The third-order valence-electron chi connectivity index (χ3n) is 3.60. The highest BCUT2D eigenvalue weighted by atomic mass is 35.5. The number of rotatable bonds is 7. The van der Waals surface area contributed by atoms with Gasteiger partial charge in [0, 0.05) is 23.2 Å². The van der Waals surface area contributed by atoms with Gasteiger partial charge in [0.15, 0.2) is 5.76 Å². The van der Waals surface area contributed by atoms with E-state index in [9.17, 15) is 9.18 Å². The van der Waals surface area contributed by atoms with Crippen LogP contribution in [0.2, 0.25) is 5.02 Å². The van der Waals surface area contributed by atoms with E-state index in [2.05, 4.69) is 10.5 Å². The maximum atomic E-state index is 12.9. The van der Waals surface area contributed by atoms with Gasteiger partial charge in [-0.25, -0.2) is 4.39 Å². The van der Waals surface area contributed by atoms with Crippen LogP contribution in [0.1, 0.15) is 11.3 Å². The molecule has 26 heavy (non-hydrogen) atoms. The number of halogens is 2.